The first kappa shape index (κ1) is 12.9. The van der Waals surface area contributed by atoms with Gasteiger partial charge in [0.2, 0.25) is 0 Å². The van der Waals surface area contributed by atoms with Crippen LogP contribution in [-0.2, 0) is 0 Å². The number of aromatic carboxylic acids is 1. The Morgan fingerprint density at radius 3 is 2.90 bits per heavy atom. The number of ether oxygens (including phenoxy) is 2. The van der Waals surface area contributed by atoms with E-state index in [0.29, 0.717) is 16.9 Å². The quantitative estimate of drug-likeness (QED) is 0.912. The predicted molar refractivity (Wildman–Crippen MR) is 71.9 cm³/mol. The molecule has 1 aromatic heterocycles. The van der Waals surface area contributed by atoms with Gasteiger partial charge in [-0.1, -0.05) is 0 Å². The molecule has 6 nitrogen and oxygen atoms in total. The van der Waals surface area contributed by atoms with Crippen LogP contribution in [0.1, 0.15) is 34.9 Å². The smallest absolute Gasteiger partial charge is 0.339 e. The standard InChI is InChI=1S/C13H12N2O4S/c1-18-8-4-5-9(12(16)17)10(6-8)19-13-14-11(15-20-13)7-2-3-7/h4-7H,2-3H2,1H3,(H,16,17). The van der Waals surface area contributed by atoms with E-state index in [2.05, 4.69) is 9.36 Å². The largest absolute Gasteiger partial charge is 0.497 e. The van der Waals surface area contributed by atoms with Crippen LogP contribution < -0.4 is 9.47 Å². The number of carboxylic acids is 1. The number of hydrogen-bond acceptors (Lipinski definition) is 6. The summed E-state index contributed by atoms with van der Waals surface area (Å²) in [6, 6.07) is 4.55. The average Bonchev–Trinajstić information content (AvgIpc) is 3.19. The van der Waals surface area contributed by atoms with Gasteiger partial charge in [0.25, 0.3) is 5.19 Å². The van der Waals surface area contributed by atoms with Crippen LogP contribution in [0.3, 0.4) is 0 Å². The number of nitrogens with zero attached hydrogens (tertiary/aromatic N) is 2. The molecule has 0 radical (unpaired) electrons. The van der Waals surface area contributed by atoms with E-state index in [0.717, 1.165) is 30.2 Å². The van der Waals surface area contributed by atoms with Crippen LogP contribution in [0.5, 0.6) is 16.7 Å². The van der Waals surface area contributed by atoms with Gasteiger partial charge in [-0.2, -0.15) is 9.36 Å². The molecular formula is C13H12N2O4S. The van der Waals surface area contributed by atoms with Crippen LogP contribution in [0.2, 0.25) is 0 Å². The lowest BCUT2D eigenvalue weighted by Crippen LogP contribution is -2.00. The van der Waals surface area contributed by atoms with Crippen molar-refractivity contribution in [1.29, 1.82) is 0 Å². The van der Waals surface area contributed by atoms with Crippen molar-refractivity contribution in [2.75, 3.05) is 7.11 Å². The van der Waals surface area contributed by atoms with Crippen LogP contribution in [0.25, 0.3) is 0 Å². The predicted octanol–water partition coefficient (Wildman–Crippen LogP) is 2.91. The maximum atomic E-state index is 11.2. The van der Waals surface area contributed by atoms with Crippen LogP contribution in [0, 0.1) is 0 Å². The number of carbonyl (C=O) groups is 1. The Morgan fingerprint density at radius 2 is 2.25 bits per heavy atom. The first-order valence-electron chi connectivity index (χ1n) is 6.10. The number of carboxylic acid groups (broad SMARTS) is 1. The molecule has 3 rings (SSSR count). The molecule has 1 heterocycles. The van der Waals surface area contributed by atoms with Crippen molar-refractivity contribution in [2.24, 2.45) is 0 Å². The van der Waals surface area contributed by atoms with Crippen molar-refractivity contribution in [1.82, 2.24) is 9.36 Å². The summed E-state index contributed by atoms with van der Waals surface area (Å²) in [5.74, 6) is 0.888. The highest BCUT2D eigenvalue weighted by Crippen LogP contribution is 2.40. The summed E-state index contributed by atoms with van der Waals surface area (Å²) < 4.78 is 14.8. The van der Waals surface area contributed by atoms with Crippen molar-refractivity contribution in [3.63, 3.8) is 0 Å². The first-order chi connectivity index (χ1) is 9.67. The minimum atomic E-state index is -1.06. The Morgan fingerprint density at radius 1 is 1.45 bits per heavy atom. The van der Waals surface area contributed by atoms with E-state index >= 15 is 0 Å². The summed E-state index contributed by atoms with van der Waals surface area (Å²) in [5, 5.41) is 9.51. The summed E-state index contributed by atoms with van der Waals surface area (Å²) in [7, 11) is 1.51. The third-order valence-electron chi connectivity index (χ3n) is 2.98. The SMILES string of the molecule is COc1ccc(C(=O)O)c(Oc2nc(C3CC3)ns2)c1. The molecule has 20 heavy (non-hydrogen) atoms. The summed E-state index contributed by atoms with van der Waals surface area (Å²) >= 11 is 1.13. The van der Waals surface area contributed by atoms with E-state index in [9.17, 15) is 4.79 Å². The van der Waals surface area contributed by atoms with Gasteiger partial charge in [-0.15, -0.1) is 0 Å². The Bertz CT molecular complexity index is 652. The monoisotopic (exact) mass is 292 g/mol. The third-order valence-corrected chi connectivity index (χ3v) is 3.59. The van der Waals surface area contributed by atoms with Gasteiger partial charge in [-0.05, 0) is 25.0 Å². The Hall–Kier alpha value is -2.15. The number of rotatable bonds is 5. The molecule has 0 amide bonds. The molecule has 0 saturated heterocycles. The van der Waals surface area contributed by atoms with Crippen molar-refractivity contribution in [3.8, 4) is 16.7 Å². The molecular weight excluding hydrogens is 280 g/mol. The fourth-order valence-corrected chi connectivity index (χ4v) is 2.38. The number of aromatic nitrogens is 2. The van der Waals surface area contributed by atoms with Crippen LogP contribution in [0.15, 0.2) is 18.2 Å². The normalized spacial score (nSPS) is 14.1. The molecule has 7 heteroatoms. The highest BCUT2D eigenvalue weighted by molar-refractivity contribution is 7.07. The Balaban J connectivity index is 1.88. The molecule has 1 saturated carbocycles. The number of methoxy groups -OCH3 is 1. The van der Waals surface area contributed by atoms with Crippen molar-refractivity contribution in [3.05, 3.63) is 29.6 Å². The molecule has 0 spiro atoms. The maximum Gasteiger partial charge on any atom is 0.339 e. The molecule has 0 unspecified atom stereocenters. The number of benzene rings is 1. The van der Waals surface area contributed by atoms with E-state index in [1.807, 2.05) is 0 Å². The zero-order chi connectivity index (χ0) is 14.1. The second-order valence-electron chi connectivity index (χ2n) is 4.46. The van der Waals surface area contributed by atoms with E-state index in [-0.39, 0.29) is 11.3 Å². The molecule has 1 fully saturated rings. The Kier molecular flexibility index (Phi) is 3.27. The van der Waals surface area contributed by atoms with Gasteiger partial charge in [-0.3, -0.25) is 0 Å². The van der Waals surface area contributed by atoms with Gasteiger partial charge in [0.05, 0.1) is 7.11 Å². The lowest BCUT2D eigenvalue weighted by molar-refractivity contribution is 0.0694. The van der Waals surface area contributed by atoms with Gasteiger partial charge >= 0.3 is 5.97 Å². The minimum Gasteiger partial charge on any atom is -0.497 e. The molecule has 0 bridgehead atoms. The van der Waals surface area contributed by atoms with E-state index in [1.165, 1.54) is 19.2 Å². The zero-order valence-corrected chi connectivity index (χ0v) is 11.5. The molecule has 1 aliphatic rings. The molecule has 2 aromatic rings. The topological polar surface area (TPSA) is 81.5 Å². The van der Waals surface area contributed by atoms with E-state index < -0.39 is 5.97 Å². The lowest BCUT2D eigenvalue weighted by Gasteiger charge is -2.07. The van der Waals surface area contributed by atoms with Crippen molar-refractivity contribution < 1.29 is 19.4 Å². The fraction of sp³-hybridized carbons (Fsp3) is 0.308. The molecule has 104 valence electrons. The van der Waals surface area contributed by atoms with Crippen LogP contribution in [0.4, 0.5) is 0 Å². The molecule has 0 atom stereocenters. The van der Waals surface area contributed by atoms with Crippen LogP contribution in [-0.4, -0.2) is 27.5 Å². The van der Waals surface area contributed by atoms with Gasteiger partial charge in [0.1, 0.15) is 22.9 Å². The molecule has 1 N–H and O–H groups in total. The summed E-state index contributed by atoms with van der Waals surface area (Å²) in [5.41, 5.74) is 0.0639. The first-order valence-corrected chi connectivity index (χ1v) is 6.87. The number of hydrogen-bond donors (Lipinski definition) is 1. The van der Waals surface area contributed by atoms with Crippen molar-refractivity contribution in [2.45, 2.75) is 18.8 Å². The lowest BCUT2D eigenvalue weighted by atomic mass is 10.2. The van der Waals surface area contributed by atoms with Crippen LogP contribution >= 0.6 is 11.5 Å². The van der Waals surface area contributed by atoms with Gasteiger partial charge < -0.3 is 14.6 Å². The van der Waals surface area contributed by atoms with Gasteiger partial charge in [0, 0.05) is 23.5 Å². The average molecular weight is 292 g/mol. The molecule has 0 aliphatic heterocycles. The summed E-state index contributed by atoms with van der Waals surface area (Å²) in [4.78, 5) is 15.5. The highest BCUT2D eigenvalue weighted by atomic mass is 32.1. The fourth-order valence-electron chi connectivity index (χ4n) is 1.75. The second kappa shape index (κ2) is 5.09. The van der Waals surface area contributed by atoms with E-state index in [4.69, 9.17) is 14.6 Å². The minimum absolute atomic E-state index is 0.0639. The second-order valence-corrected chi connectivity index (χ2v) is 5.18. The van der Waals surface area contributed by atoms with Gasteiger partial charge in [0.15, 0.2) is 0 Å². The van der Waals surface area contributed by atoms with Gasteiger partial charge in [-0.25, -0.2) is 4.79 Å². The maximum absolute atomic E-state index is 11.2. The van der Waals surface area contributed by atoms with Crippen molar-refractivity contribution >= 4 is 17.5 Å². The summed E-state index contributed by atoms with van der Waals surface area (Å²) in [6.45, 7) is 0. The zero-order valence-electron chi connectivity index (χ0n) is 10.7. The summed E-state index contributed by atoms with van der Waals surface area (Å²) in [6.07, 6.45) is 2.21. The highest BCUT2D eigenvalue weighted by Gasteiger charge is 2.28. The van der Waals surface area contributed by atoms with E-state index in [1.54, 1.807) is 6.07 Å². The molecule has 1 aliphatic carbocycles. The third kappa shape index (κ3) is 2.57. The molecule has 1 aromatic carbocycles. The Labute approximate surface area is 119 Å².